The molecule has 1 heterocycles. The molecule has 168 valence electrons. The van der Waals surface area contributed by atoms with Crippen molar-refractivity contribution in [2.45, 2.75) is 44.6 Å². The third-order valence-electron chi connectivity index (χ3n) is 5.63. The van der Waals surface area contributed by atoms with Crippen LogP contribution in [0.4, 0.5) is 4.79 Å². The second-order valence-electron chi connectivity index (χ2n) is 8.92. The molecule has 2 aromatic carbocycles. The Morgan fingerprint density at radius 2 is 1.52 bits per heavy atom. The number of piperidine rings is 1. The number of ether oxygens (including phenoxy) is 3. The summed E-state index contributed by atoms with van der Waals surface area (Å²) < 4.78 is 17.4. The summed E-state index contributed by atoms with van der Waals surface area (Å²) in [6.45, 7) is 8.09. The molecule has 1 amide bonds. The zero-order valence-corrected chi connectivity index (χ0v) is 20.4. The maximum absolute atomic E-state index is 12.6. The number of carbonyl (C=O) groups is 1. The van der Waals surface area contributed by atoms with Gasteiger partial charge in [-0.05, 0) is 69.0 Å². The highest BCUT2D eigenvalue weighted by molar-refractivity contribution is 9.10. The van der Waals surface area contributed by atoms with Gasteiger partial charge in [0.05, 0.1) is 6.61 Å². The average molecular weight is 490 g/mol. The summed E-state index contributed by atoms with van der Waals surface area (Å²) in [4.78, 5) is 14.4. The Balaban J connectivity index is 1.83. The van der Waals surface area contributed by atoms with Crippen LogP contribution in [0.3, 0.4) is 0 Å². The molecule has 0 unspecified atom stereocenters. The van der Waals surface area contributed by atoms with Crippen LogP contribution in [-0.4, -0.2) is 50.0 Å². The van der Waals surface area contributed by atoms with Gasteiger partial charge >= 0.3 is 6.09 Å². The molecule has 0 spiro atoms. The number of methoxy groups -OCH3 is 1. The number of rotatable bonds is 6. The predicted octanol–water partition coefficient (Wildman–Crippen LogP) is 5.79. The Hall–Kier alpha value is -2.05. The number of carbonyl (C=O) groups excluding carboxylic acids is 1. The van der Waals surface area contributed by atoms with Crippen molar-refractivity contribution in [3.05, 3.63) is 64.1 Å². The maximum atomic E-state index is 12.6. The van der Waals surface area contributed by atoms with E-state index in [2.05, 4.69) is 52.3 Å². The summed E-state index contributed by atoms with van der Waals surface area (Å²) in [6.07, 6.45) is 1.42. The van der Waals surface area contributed by atoms with Crippen molar-refractivity contribution >= 4 is 22.0 Å². The quantitative estimate of drug-likeness (QED) is 0.481. The minimum Gasteiger partial charge on any atom is -0.491 e. The third-order valence-corrected chi connectivity index (χ3v) is 6.16. The molecule has 31 heavy (non-hydrogen) atoms. The molecule has 1 saturated heterocycles. The Bertz CT molecular complexity index is 851. The van der Waals surface area contributed by atoms with E-state index in [0.717, 1.165) is 23.1 Å². The van der Waals surface area contributed by atoms with E-state index in [1.54, 1.807) is 7.11 Å². The molecule has 0 aromatic heterocycles. The van der Waals surface area contributed by atoms with E-state index >= 15 is 0 Å². The van der Waals surface area contributed by atoms with Crippen molar-refractivity contribution in [3.63, 3.8) is 0 Å². The minimum atomic E-state index is -0.490. The monoisotopic (exact) mass is 489 g/mol. The van der Waals surface area contributed by atoms with Crippen molar-refractivity contribution in [2.24, 2.45) is 0 Å². The van der Waals surface area contributed by atoms with Gasteiger partial charge in [-0.15, -0.1) is 0 Å². The van der Waals surface area contributed by atoms with Gasteiger partial charge in [-0.1, -0.05) is 40.2 Å². The summed E-state index contributed by atoms with van der Waals surface area (Å²) in [5.74, 6) is 0.831. The SMILES string of the molecule is COCCOc1ccc(C2(c3ccc(Br)cc3)CCN(C(=O)OC(C)(C)C)CC2)cc1. The normalized spacial score (nSPS) is 16.1. The second-order valence-corrected chi connectivity index (χ2v) is 9.84. The van der Waals surface area contributed by atoms with Gasteiger partial charge in [0.1, 0.15) is 18.0 Å². The number of amides is 1. The summed E-state index contributed by atoms with van der Waals surface area (Å²) in [6, 6.07) is 16.9. The van der Waals surface area contributed by atoms with Crippen LogP contribution in [0.15, 0.2) is 53.0 Å². The topological polar surface area (TPSA) is 48.0 Å². The molecule has 3 rings (SSSR count). The van der Waals surface area contributed by atoms with Crippen LogP contribution in [0.25, 0.3) is 0 Å². The first-order valence-electron chi connectivity index (χ1n) is 10.7. The first kappa shape index (κ1) is 23.6. The zero-order valence-electron chi connectivity index (χ0n) is 18.8. The second kappa shape index (κ2) is 10.0. The number of nitrogens with zero attached hydrogens (tertiary/aromatic N) is 1. The lowest BCUT2D eigenvalue weighted by atomic mass is 9.68. The molecule has 0 atom stereocenters. The number of halogens is 1. The van der Waals surface area contributed by atoms with E-state index in [1.165, 1.54) is 11.1 Å². The standard InChI is InChI=1S/C25H32BrNO4/c1-24(2,3)31-23(28)27-15-13-25(14-16-27,19-5-9-21(26)10-6-19)20-7-11-22(12-8-20)30-18-17-29-4/h5-12H,13-18H2,1-4H3. The molecule has 1 aliphatic heterocycles. The Morgan fingerprint density at radius 3 is 2.03 bits per heavy atom. The van der Waals surface area contributed by atoms with E-state index in [-0.39, 0.29) is 11.5 Å². The predicted molar refractivity (Wildman–Crippen MR) is 126 cm³/mol. The molecule has 1 fully saturated rings. The molecule has 5 nitrogen and oxygen atoms in total. The zero-order chi connectivity index (χ0) is 22.5. The maximum Gasteiger partial charge on any atom is 0.410 e. The number of hydrogen-bond donors (Lipinski definition) is 0. The molecular formula is C25H32BrNO4. The van der Waals surface area contributed by atoms with E-state index < -0.39 is 5.60 Å². The molecule has 6 heteroatoms. The molecule has 0 radical (unpaired) electrons. The smallest absolute Gasteiger partial charge is 0.410 e. The lowest BCUT2D eigenvalue weighted by molar-refractivity contribution is 0.0180. The molecule has 0 saturated carbocycles. The lowest BCUT2D eigenvalue weighted by Gasteiger charge is -2.43. The highest BCUT2D eigenvalue weighted by Gasteiger charge is 2.39. The molecule has 0 N–H and O–H groups in total. The van der Waals surface area contributed by atoms with Crippen LogP contribution in [0.1, 0.15) is 44.7 Å². The van der Waals surface area contributed by atoms with Crippen molar-refractivity contribution < 1.29 is 19.0 Å². The summed E-state index contributed by atoms with van der Waals surface area (Å²) in [7, 11) is 1.66. The summed E-state index contributed by atoms with van der Waals surface area (Å²) in [5, 5.41) is 0. The van der Waals surface area contributed by atoms with Crippen LogP contribution >= 0.6 is 15.9 Å². The summed E-state index contributed by atoms with van der Waals surface area (Å²) in [5.41, 5.74) is 1.84. The third kappa shape index (κ3) is 6.01. The number of benzene rings is 2. The fraction of sp³-hybridized carbons (Fsp3) is 0.480. The van der Waals surface area contributed by atoms with Gasteiger partial charge in [-0.25, -0.2) is 4.79 Å². The van der Waals surface area contributed by atoms with E-state index in [0.29, 0.717) is 26.3 Å². The van der Waals surface area contributed by atoms with Gasteiger partial charge < -0.3 is 19.1 Å². The van der Waals surface area contributed by atoms with Crippen molar-refractivity contribution in [2.75, 3.05) is 33.4 Å². The number of likely N-dealkylation sites (tertiary alicyclic amines) is 1. The molecular weight excluding hydrogens is 458 g/mol. The first-order valence-corrected chi connectivity index (χ1v) is 11.5. The highest BCUT2D eigenvalue weighted by atomic mass is 79.9. The van der Waals surface area contributed by atoms with E-state index in [1.807, 2.05) is 37.8 Å². The minimum absolute atomic E-state index is 0.162. The molecule has 0 aliphatic carbocycles. The molecule has 1 aliphatic rings. The van der Waals surface area contributed by atoms with Gasteiger partial charge in [-0.2, -0.15) is 0 Å². The number of hydrogen-bond acceptors (Lipinski definition) is 4. The van der Waals surface area contributed by atoms with E-state index in [9.17, 15) is 4.79 Å². The van der Waals surface area contributed by atoms with Gasteiger partial charge in [0.25, 0.3) is 0 Å². The average Bonchev–Trinajstić information content (AvgIpc) is 2.74. The fourth-order valence-electron chi connectivity index (χ4n) is 4.02. The van der Waals surface area contributed by atoms with Gasteiger partial charge in [0.15, 0.2) is 0 Å². The largest absolute Gasteiger partial charge is 0.491 e. The van der Waals surface area contributed by atoms with Crippen molar-refractivity contribution in [1.29, 1.82) is 0 Å². The molecule has 2 aromatic rings. The lowest BCUT2D eigenvalue weighted by Crippen LogP contribution is -2.47. The fourth-order valence-corrected chi connectivity index (χ4v) is 4.29. The Morgan fingerprint density at radius 1 is 0.968 bits per heavy atom. The van der Waals surface area contributed by atoms with Crippen LogP contribution in [0.2, 0.25) is 0 Å². The highest BCUT2D eigenvalue weighted by Crippen LogP contribution is 2.42. The summed E-state index contributed by atoms with van der Waals surface area (Å²) >= 11 is 3.54. The van der Waals surface area contributed by atoms with E-state index in [4.69, 9.17) is 14.2 Å². The first-order chi connectivity index (χ1) is 14.7. The van der Waals surface area contributed by atoms with Crippen molar-refractivity contribution in [1.82, 2.24) is 4.90 Å². The van der Waals surface area contributed by atoms with Crippen LogP contribution in [0.5, 0.6) is 5.75 Å². The van der Waals surface area contributed by atoms with Crippen molar-refractivity contribution in [3.8, 4) is 5.75 Å². The van der Waals surface area contributed by atoms with Gasteiger partial charge in [-0.3, -0.25) is 0 Å². The van der Waals surface area contributed by atoms with Crippen LogP contribution < -0.4 is 4.74 Å². The Labute approximate surface area is 193 Å². The Kier molecular flexibility index (Phi) is 7.65. The van der Waals surface area contributed by atoms with Gasteiger partial charge in [0.2, 0.25) is 0 Å². The molecule has 0 bridgehead atoms. The van der Waals surface area contributed by atoms with Gasteiger partial charge in [0, 0.05) is 30.1 Å². The van der Waals surface area contributed by atoms with Crippen LogP contribution in [-0.2, 0) is 14.9 Å². The van der Waals surface area contributed by atoms with Crippen LogP contribution in [0, 0.1) is 0 Å².